The molecule has 0 spiro atoms. The molecule has 2 aromatic carbocycles. The summed E-state index contributed by atoms with van der Waals surface area (Å²) in [7, 11) is 0. The van der Waals surface area contributed by atoms with E-state index in [9.17, 15) is 19.5 Å². The van der Waals surface area contributed by atoms with Gasteiger partial charge in [-0.05, 0) is 31.5 Å². The molecular formula is C18H14O4. The molecule has 0 saturated heterocycles. The van der Waals surface area contributed by atoms with Crippen molar-refractivity contribution < 1.29 is 19.5 Å². The number of rotatable bonds is 2. The molecule has 0 aromatic heterocycles. The topological polar surface area (TPSA) is 71.4 Å². The molecule has 3 rings (SSSR count). The standard InChI is InChI=1S/C18H14O4/c1-18(2,17(21)22)10-7-8-13-14(9-10)16(20)12-6-4-3-5-11(12)15(13)19/h3-9H,1-2H3,(H,21,22). The third-order valence-corrected chi connectivity index (χ3v) is 4.18. The Morgan fingerprint density at radius 3 is 1.91 bits per heavy atom. The van der Waals surface area contributed by atoms with Crippen molar-refractivity contribution >= 4 is 17.5 Å². The van der Waals surface area contributed by atoms with Crippen molar-refractivity contribution in [2.75, 3.05) is 0 Å². The molecule has 0 atom stereocenters. The highest BCUT2D eigenvalue weighted by atomic mass is 16.4. The van der Waals surface area contributed by atoms with Crippen LogP contribution in [0.4, 0.5) is 0 Å². The van der Waals surface area contributed by atoms with Gasteiger partial charge in [-0.15, -0.1) is 0 Å². The molecule has 0 bridgehead atoms. The summed E-state index contributed by atoms with van der Waals surface area (Å²) in [6.07, 6.45) is 0. The zero-order valence-corrected chi connectivity index (χ0v) is 12.2. The number of carboxylic acid groups (broad SMARTS) is 1. The molecule has 0 radical (unpaired) electrons. The summed E-state index contributed by atoms with van der Waals surface area (Å²) < 4.78 is 0. The monoisotopic (exact) mass is 294 g/mol. The van der Waals surface area contributed by atoms with E-state index in [1.54, 1.807) is 50.2 Å². The number of carboxylic acids is 1. The second kappa shape index (κ2) is 4.63. The molecule has 110 valence electrons. The van der Waals surface area contributed by atoms with Gasteiger partial charge in [-0.2, -0.15) is 0 Å². The zero-order chi connectivity index (χ0) is 16.1. The molecule has 1 aliphatic rings. The molecule has 0 amide bonds. The smallest absolute Gasteiger partial charge is 0.313 e. The van der Waals surface area contributed by atoms with Crippen LogP contribution in [0.25, 0.3) is 0 Å². The van der Waals surface area contributed by atoms with Crippen LogP contribution < -0.4 is 0 Å². The van der Waals surface area contributed by atoms with Crippen molar-refractivity contribution in [1.82, 2.24) is 0 Å². The summed E-state index contributed by atoms with van der Waals surface area (Å²) in [6.45, 7) is 3.14. The van der Waals surface area contributed by atoms with E-state index >= 15 is 0 Å². The van der Waals surface area contributed by atoms with Gasteiger partial charge in [0, 0.05) is 22.3 Å². The van der Waals surface area contributed by atoms with Gasteiger partial charge in [0.2, 0.25) is 0 Å². The first-order valence-corrected chi connectivity index (χ1v) is 6.90. The summed E-state index contributed by atoms with van der Waals surface area (Å²) in [5.74, 6) is -1.43. The summed E-state index contributed by atoms with van der Waals surface area (Å²) in [5, 5.41) is 9.32. The quantitative estimate of drug-likeness (QED) is 0.789. The highest BCUT2D eigenvalue weighted by molar-refractivity contribution is 6.28. The molecule has 0 saturated carbocycles. The van der Waals surface area contributed by atoms with Gasteiger partial charge in [-0.3, -0.25) is 14.4 Å². The average molecular weight is 294 g/mol. The molecule has 1 N–H and O–H groups in total. The summed E-state index contributed by atoms with van der Waals surface area (Å²) >= 11 is 0. The van der Waals surface area contributed by atoms with E-state index < -0.39 is 11.4 Å². The van der Waals surface area contributed by atoms with Gasteiger partial charge in [-0.25, -0.2) is 0 Å². The maximum absolute atomic E-state index is 12.6. The fourth-order valence-electron chi connectivity index (χ4n) is 2.61. The van der Waals surface area contributed by atoms with Gasteiger partial charge in [0.25, 0.3) is 0 Å². The number of carbonyl (C=O) groups is 3. The summed E-state index contributed by atoms with van der Waals surface area (Å²) in [5.41, 5.74) is 0.731. The van der Waals surface area contributed by atoms with E-state index in [1.807, 2.05) is 0 Å². The van der Waals surface area contributed by atoms with Crippen LogP contribution in [0.5, 0.6) is 0 Å². The lowest BCUT2D eigenvalue weighted by Crippen LogP contribution is -2.30. The number of ketones is 2. The highest BCUT2D eigenvalue weighted by Gasteiger charge is 2.34. The Bertz CT molecular complexity index is 831. The van der Waals surface area contributed by atoms with Gasteiger partial charge in [0.05, 0.1) is 5.41 Å². The lowest BCUT2D eigenvalue weighted by Gasteiger charge is -2.23. The van der Waals surface area contributed by atoms with Crippen molar-refractivity contribution in [3.8, 4) is 0 Å². The third-order valence-electron chi connectivity index (χ3n) is 4.18. The number of hydrogen-bond donors (Lipinski definition) is 1. The van der Waals surface area contributed by atoms with E-state index in [2.05, 4.69) is 0 Å². The van der Waals surface area contributed by atoms with Gasteiger partial charge < -0.3 is 5.11 Å². The predicted molar refractivity (Wildman–Crippen MR) is 80.4 cm³/mol. The van der Waals surface area contributed by atoms with E-state index in [4.69, 9.17) is 0 Å². The van der Waals surface area contributed by atoms with Crippen molar-refractivity contribution in [3.63, 3.8) is 0 Å². The van der Waals surface area contributed by atoms with Crippen LogP contribution in [0.1, 0.15) is 51.3 Å². The first kappa shape index (κ1) is 14.2. The predicted octanol–water partition coefficient (Wildman–Crippen LogP) is 2.82. The largest absolute Gasteiger partial charge is 0.481 e. The number of fused-ring (bicyclic) bond motifs is 2. The minimum Gasteiger partial charge on any atom is -0.481 e. The number of carbonyl (C=O) groups excluding carboxylic acids is 2. The normalized spacial score (nSPS) is 13.5. The SMILES string of the molecule is CC(C)(C(=O)O)c1ccc2c(c1)C(=O)c1ccccc1C2=O. The van der Waals surface area contributed by atoms with E-state index in [0.717, 1.165) is 0 Å². The Morgan fingerprint density at radius 2 is 1.36 bits per heavy atom. The fourth-order valence-corrected chi connectivity index (χ4v) is 2.61. The molecule has 0 heterocycles. The molecule has 0 unspecified atom stereocenters. The van der Waals surface area contributed by atoms with Crippen LogP contribution in [-0.4, -0.2) is 22.6 Å². The maximum Gasteiger partial charge on any atom is 0.313 e. The van der Waals surface area contributed by atoms with E-state index in [1.165, 1.54) is 6.07 Å². The van der Waals surface area contributed by atoms with Crippen LogP contribution >= 0.6 is 0 Å². The third kappa shape index (κ3) is 1.88. The average Bonchev–Trinajstić information content (AvgIpc) is 2.52. The molecule has 1 aliphatic carbocycles. The van der Waals surface area contributed by atoms with Crippen molar-refractivity contribution in [2.45, 2.75) is 19.3 Å². The molecule has 22 heavy (non-hydrogen) atoms. The van der Waals surface area contributed by atoms with Gasteiger partial charge in [0.1, 0.15) is 0 Å². The molecule has 2 aromatic rings. The highest BCUT2D eigenvalue weighted by Crippen LogP contribution is 2.31. The summed E-state index contributed by atoms with van der Waals surface area (Å²) in [4.78, 5) is 36.5. The fraction of sp³-hybridized carbons (Fsp3) is 0.167. The first-order chi connectivity index (χ1) is 10.3. The molecule has 4 nitrogen and oxygen atoms in total. The Balaban J connectivity index is 2.20. The number of hydrogen-bond acceptors (Lipinski definition) is 3. The van der Waals surface area contributed by atoms with Gasteiger partial charge in [0.15, 0.2) is 11.6 Å². The van der Waals surface area contributed by atoms with E-state index in [-0.39, 0.29) is 17.1 Å². The van der Waals surface area contributed by atoms with Crippen molar-refractivity contribution in [3.05, 3.63) is 70.3 Å². The van der Waals surface area contributed by atoms with Crippen LogP contribution in [0.3, 0.4) is 0 Å². The number of aliphatic carboxylic acids is 1. The van der Waals surface area contributed by atoms with Crippen LogP contribution in [0.15, 0.2) is 42.5 Å². The lowest BCUT2D eigenvalue weighted by molar-refractivity contribution is -0.142. The van der Waals surface area contributed by atoms with E-state index in [0.29, 0.717) is 22.3 Å². The second-order valence-corrected chi connectivity index (χ2v) is 5.89. The molecule has 0 fully saturated rings. The van der Waals surface area contributed by atoms with Gasteiger partial charge >= 0.3 is 5.97 Å². The second-order valence-electron chi connectivity index (χ2n) is 5.89. The molecular weight excluding hydrogens is 280 g/mol. The zero-order valence-electron chi connectivity index (χ0n) is 12.2. The van der Waals surface area contributed by atoms with Crippen molar-refractivity contribution in [1.29, 1.82) is 0 Å². The van der Waals surface area contributed by atoms with Crippen LogP contribution in [0, 0.1) is 0 Å². The minimum atomic E-state index is -1.13. The Kier molecular flexibility index (Phi) is 2.99. The van der Waals surface area contributed by atoms with Gasteiger partial charge in [-0.1, -0.05) is 30.3 Å². The summed E-state index contributed by atoms with van der Waals surface area (Å²) in [6, 6.07) is 11.4. The van der Waals surface area contributed by atoms with Crippen LogP contribution in [-0.2, 0) is 10.2 Å². The number of benzene rings is 2. The molecule has 0 aliphatic heterocycles. The molecule has 4 heteroatoms. The first-order valence-electron chi connectivity index (χ1n) is 6.90. The Labute approximate surface area is 127 Å². The maximum atomic E-state index is 12.6. The lowest BCUT2D eigenvalue weighted by atomic mass is 9.78. The minimum absolute atomic E-state index is 0.204. The van der Waals surface area contributed by atoms with Crippen LogP contribution in [0.2, 0.25) is 0 Å². The Morgan fingerprint density at radius 1 is 0.864 bits per heavy atom. The Hall–Kier alpha value is -2.75. The van der Waals surface area contributed by atoms with Crippen molar-refractivity contribution in [2.24, 2.45) is 0 Å².